The molecule has 6 heteroatoms. The van der Waals surface area contributed by atoms with Crippen LogP contribution in [0.5, 0.6) is 5.75 Å². The molecule has 168 valence electrons. The summed E-state index contributed by atoms with van der Waals surface area (Å²) in [5.74, 6) is 0.873. The zero-order chi connectivity index (χ0) is 22.8. The Morgan fingerprint density at radius 1 is 1.10 bits per heavy atom. The van der Waals surface area contributed by atoms with Crippen LogP contribution in [0.4, 0.5) is 0 Å². The van der Waals surface area contributed by atoms with E-state index < -0.39 is 6.04 Å². The number of rotatable bonds is 11. The zero-order valence-electron chi connectivity index (χ0n) is 18.9. The highest BCUT2D eigenvalue weighted by atomic mass is 35.5. The molecule has 31 heavy (non-hydrogen) atoms. The lowest BCUT2D eigenvalue weighted by atomic mass is 10.1. The number of benzene rings is 2. The van der Waals surface area contributed by atoms with E-state index in [0.29, 0.717) is 43.5 Å². The van der Waals surface area contributed by atoms with E-state index in [1.54, 1.807) is 36.1 Å². The monoisotopic (exact) mass is 444 g/mol. The minimum Gasteiger partial charge on any atom is -0.494 e. The van der Waals surface area contributed by atoms with Crippen molar-refractivity contribution in [2.24, 2.45) is 5.92 Å². The maximum atomic E-state index is 13.0. The number of nitrogens with one attached hydrogen (secondary N) is 1. The molecule has 2 rings (SSSR count). The molecule has 0 aromatic heterocycles. The second-order valence-corrected chi connectivity index (χ2v) is 8.67. The summed E-state index contributed by atoms with van der Waals surface area (Å²) in [6.45, 7) is 9.29. The smallest absolute Gasteiger partial charge is 0.242 e. The number of halogens is 1. The van der Waals surface area contributed by atoms with Crippen molar-refractivity contribution in [3.05, 3.63) is 64.7 Å². The number of amides is 2. The number of hydrogen-bond donors (Lipinski definition) is 1. The summed E-state index contributed by atoms with van der Waals surface area (Å²) in [5.41, 5.74) is 2.13. The van der Waals surface area contributed by atoms with Crippen LogP contribution < -0.4 is 10.1 Å². The summed E-state index contributed by atoms with van der Waals surface area (Å²) in [6, 6.07) is 14.6. The van der Waals surface area contributed by atoms with Crippen LogP contribution in [0, 0.1) is 12.8 Å². The molecule has 2 amide bonds. The molecule has 2 aromatic rings. The van der Waals surface area contributed by atoms with Crippen molar-refractivity contribution in [3.8, 4) is 5.75 Å². The fourth-order valence-electron chi connectivity index (χ4n) is 3.13. The Kier molecular flexibility index (Phi) is 9.86. The van der Waals surface area contributed by atoms with Crippen LogP contribution in [-0.4, -0.2) is 35.9 Å². The molecule has 0 fully saturated rings. The van der Waals surface area contributed by atoms with Crippen LogP contribution >= 0.6 is 11.6 Å². The molecule has 1 N–H and O–H groups in total. The number of nitrogens with zero attached hydrogens (tertiary/aromatic N) is 1. The molecule has 1 atom stereocenters. The molecule has 0 aliphatic rings. The first-order chi connectivity index (χ1) is 14.8. The molecule has 0 bridgehead atoms. The fourth-order valence-corrected chi connectivity index (χ4v) is 3.26. The number of carbonyl (C=O) groups excluding carboxylic acids is 2. The maximum Gasteiger partial charge on any atom is 0.242 e. The number of hydrogen-bond acceptors (Lipinski definition) is 3. The quantitative estimate of drug-likeness (QED) is 0.496. The summed E-state index contributed by atoms with van der Waals surface area (Å²) in [7, 11) is 0. The second kappa shape index (κ2) is 12.4. The number of ether oxygens (including phenoxy) is 1. The van der Waals surface area contributed by atoms with Gasteiger partial charge in [-0.2, -0.15) is 0 Å². The highest BCUT2D eigenvalue weighted by Crippen LogP contribution is 2.17. The zero-order valence-corrected chi connectivity index (χ0v) is 19.6. The van der Waals surface area contributed by atoms with Crippen molar-refractivity contribution in [3.63, 3.8) is 0 Å². The van der Waals surface area contributed by atoms with Crippen molar-refractivity contribution in [1.82, 2.24) is 10.2 Å². The Morgan fingerprint density at radius 3 is 2.45 bits per heavy atom. The summed E-state index contributed by atoms with van der Waals surface area (Å²) in [6.07, 6.45) is 0.868. The van der Waals surface area contributed by atoms with E-state index in [1.807, 2.05) is 45.0 Å². The van der Waals surface area contributed by atoms with E-state index in [9.17, 15) is 9.59 Å². The standard InChI is InChI=1S/C25H33ClN2O3/c1-18(2)16-27-25(30)20(4)28(17-21-8-5-7-19(3)15-21)24(29)9-6-14-31-23-12-10-22(26)11-13-23/h5,7-8,10-13,15,18,20H,6,9,14,16-17H2,1-4H3,(H,27,30). The summed E-state index contributed by atoms with van der Waals surface area (Å²) >= 11 is 5.88. The lowest BCUT2D eigenvalue weighted by Crippen LogP contribution is -2.48. The van der Waals surface area contributed by atoms with E-state index >= 15 is 0 Å². The first kappa shape index (κ1) is 24.7. The van der Waals surface area contributed by atoms with Gasteiger partial charge >= 0.3 is 0 Å². The molecule has 0 saturated carbocycles. The number of aryl methyl sites for hydroxylation is 1. The Labute approximate surface area is 190 Å². The van der Waals surface area contributed by atoms with Gasteiger partial charge < -0.3 is 15.0 Å². The topological polar surface area (TPSA) is 58.6 Å². The molecule has 1 unspecified atom stereocenters. The van der Waals surface area contributed by atoms with Gasteiger partial charge in [-0.25, -0.2) is 0 Å². The van der Waals surface area contributed by atoms with Gasteiger partial charge in [0, 0.05) is 24.5 Å². The molecule has 2 aromatic carbocycles. The van der Waals surface area contributed by atoms with Gasteiger partial charge in [-0.05, 0) is 56.0 Å². The van der Waals surface area contributed by atoms with E-state index in [-0.39, 0.29) is 11.8 Å². The van der Waals surface area contributed by atoms with Gasteiger partial charge in [0.05, 0.1) is 6.61 Å². The van der Waals surface area contributed by atoms with Gasteiger partial charge in [0.2, 0.25) is 11.8 Å². The number of carbonyl (C=O) groups is 2. The normalized spacial score (nSPS) is 11.8. The molecule has 0 spiro atoms. The van der Waals surface area contributed by atoms with Gasteiger partial charge in [0.25, 0.3) is 0 Å². The highest BCUT2D eigenvalue weighted by molar-refractivity contribution is 6.30. The molecule has 5 nitrogen and oxygen atoms in total. The second-order valence-electron chi connectivity index (χ2n) is 8.23. The van der Waals surface area contributed by atoms with Crippen LogP contribution in [0.25, 0.3) is 0 Å². The fraction of sp³-hybridized carbons (Fsp3) is 0.440. The van der Waals surface area contributed by atoms with Crippen LogP contribution in [-0.2, 0) is 16.1 Å². The highest BCUT2D eigenvalue weighted by Gasteiger charge is 2.25. The lowest BCUT2D eigenvalue weighted by molar-refractivity contribution is -0.140. The molecule has 0 heterocycles. The third-order valence-electron chi connectivity index (χ3n) is 4.90. The van der Waals surface area contributed by atoms with Crippen molar-refractivity contribution in [2.45, 2.75) is 53.1 Å². The first-order valence-corrected chi connectivity index (χ1v) is 11.1. The van der Waals surface area contributed by atoms with Crippen molar-refractivity contribution >= 4 is 23.4 Å². The Bertz CT molecular complexity index is 852. The summed E-state index contributed by atoms with van der Waals surface area (Å²) < 4.78 is 5.69. The first-order valence-electron chi connectivity index (χ1n) is 10.8. The summed E-state index contributed by atoms with van der Waals surface area (Å²) in [4.78, 5) is 27.4. The van der Waals surface area contributed by atoms with Crippen LogP contribution in [0.1, 0.15) is 44.7 Å². The minimum atomic E-state index is -0.552. The lowest BCUT2D eigenvalue weighted by Gasteiger charge is -2.29. The molecule has 0 radical (unpaired) electrons. The van der Waals surface area contributed by atoms with E-state index in [1.165, 1.54) is 0 Å². The third kappa shape index (κ3) is 8.62. The average Bonchev–Trinajstić information content (AvgIpc) is 2.74. The van der Waals surface area contributed by atoms with E-state index in [0.717, 1.165) is 16.9 Å². The van der Waals surface area contributed by atoms with Gasteiger partial charge in [-0.15, -0.1) is 0 Å². The maximum absolute atomic E-state index is 13.0. The molecule has 0 saturated heterocycles. The van der Waals surface area contributed by atoms with Crippen LogP contribution in [0.2, 0.25) is 5.02 Å². The largest absolute Gasteiger partial charge is 0.494 e. The van der Waals surface area contributed by atoms with Crippen LogP contribution in [0.15, 0.2) is 48.5 Å². The Hall–Kier alpha value is -2.53. The van der Waals surface area contributed by atoms with E-state index in [4.69, 9.17) is 16.3 Å². The van der Waals surface area contributed by atoms with Crippen LogP contribution in [0.3, 0.4) is 0 Å². The Balaban J connectivity index is 1.98. The van der Waals surface area contributed by atoms with Gasteiger partial charge in [-0.1, -0.05) is 55.3 Å². The van der Waals surface area contributed by atoms with Crippen molar-refractivity contribution in [1.29, 1.82) is 0 Å². The summed E-state index contributed by atoms with van der Waals surface area (Å²) in [5, 5.41) is 3.59. The van der Waals surface area contributed by atoms with Crippen molar-refractivity contribution < 1.29 is 14.3 Å². The van der Waals surface area contributed by atoms with Gasteiger partial charge in [-0.3, -0.25) is 9.59 Å². The van der Waals surface area contributed by atoms with Gasteiger partial charge in [0.15, 0.2) is 0 Å². The predicted molar refractivity (Wildman–Crippen MR) is 125 cm³/mol. The molecular formula is C25H33ClN2O3. The Morgan fingerprint density at radius 2 is 1.81 bits per heavy atom. The average molecular weight is 445 g/mol. The minimum absolute atomic E-state index is 0.0617. The van der Waals surface area contributed by atoms with Crippen molar-refractivity contribution in [2.75, 3.05) is 13.2 Å². The molecule has 0 aliphatic heterocycles. The van der Waals surface area contributed by atoms with Gasteiger partial charge in [0.1, 0.15) is 11.8 Å². The SMILES string of the molecule is Cc1cccc(CN(C(=O)CCCOc2ccc(Cl)cc2)C(C)C(=O)NCC(C)C)c1. The molecular weight excluding hydrogens is 412 g/mol. The predicted octanol–water partition coefficient (Wildman–Crippen LogP) is 5.00. The van der Waals surface area contributed by atoms with E-state index in [2.05, 4.69) is 5.32 Å². The molecule has 0 aliphatic carbocycles. The third-order valence-corrected chi connectivity index (χ3v) is 5.16.